The van der Waals surface area contributed by atoms with Gasteiger partial charge in [0.05, 0.1) is 16.5 Å². The lowest BCUT2D eigenvalue weighted by atomic mass is 10.1. The quantitative estimate of drug-likeness (QED) is 0.614. The van der Waals surface area contributed by atoms with Gasteiger partial charge in [-0.1, -0.05) is 58.3 Å². The minimum atomic E-state index is -0.289. The van der Waals surface area contributed by atoms with Crippen molar-refractivity contribution in [2.75, 3.05) is 0 Å². The van der Waals surface area contributed by atoms with Crippen LogP contribution in [0.3, 0.4) is 0 Å². The molecule has 0 bridgehead atoms. The van der Waals surface area contributed by atoms with E-state index in [-0.39, 0.29) is 6.10 Å². The van der Waals surface area contributed by atoms with E-state index in [1.807, 2.05) is 0 Å². The van der Waals surface area contributed by atoms with Crippen LogP contribution in [0, 0.1) is 0 Å². The fourth-order valence-electron chi connectivity index (χ4n) is 2.00. The van der Waals surface area contributed by atoms with Crippen LogP contribution in [-0.2, 0) is 0 Å². The Morgan fingerprint density at radius 2 is 1.76 bits per heavy atom. The monoisotopic (exact) mass is 255 g/mol. The Morgan fingerprint density at radius 3 is 2.35 bits per heavy atom. The van der Waals surface area contributed by atoms with Gasteiger partial charge in [-0.2, -0.15) is 0 Å². The van der Waals surface area contributed by atoms with Crippen molar-refractivity contribution in [3.05, 3.63) is 16.6 Å². The van der Waals surface area contributed by atoms with Crippen molar-refractivity contribution in [3.63, 3.8) is 0 Å². The van der Waals surface area contributed by atoms with Crippen molar-refractivity contribution in [1.82, 2.24) is 4.98 Å². The largest absolute Gasteiger partial charge is 0.388 e. The van der Waals surface area contributed by atoms with Crippen molar-refractivity contribution in [2.45, 2.75) is 70.8 Å². The molecule has 0 saturated heterocycles. The second kappa shape index (κ2) is 9.60. The summed E-state index contributed by atoms with van der Waals surface area (Å²) in [4.78, 5) is 5.00. The Hall–Kier alpha value is -0.410. The first-order valence-electron chi connectivity index (χ1n) is 6.91. The van der Waals surface area contributed by atoms with Crippen LogP contribution < -0.4 is 0 Å². The zero-order chi connectivity index (χ0) is 12.3. The highest BCUT2D eigenvalue weighted by atomic mass is 32.1. The van der Waals surface area contributed by atoms with Gasteiger partial charge in [-0.3, -0.25) is 4.98 Å². The van der Waals surface area contributed by atoms with E-state index in [1.54, 1.807) is 23.0 Å². The molecule has 0 aliphatic heterocycles. The molecule has 0 aliphatic carbocycles. The predicted molar refractivity (Wildman–Crippen MR) is 74.3 cm³/mol. The maximum absolute atomic E-state index is 9.85. The third kappa shape index (κ3) is 6.79. The highest BCUT2D eigenvalue weighted by molar-refractivity contribution is 7.09. The van der Waals surface area contributed by atoms with Crippen LogP contribution in [0.25, 0.3) is 0 Å². The Balaban J connectivity index is 1.90. The summed E-state index contributed by atoms with van der Waals surface area (Å²) in [5.74, 6) is 0. The van der Waals surface area contributed by atoms with Gasteiger partial charge in [-0.05, 0) is 6.42 Å². The third-order valence-electron chi connectivity index (χ3n) is 3.11. The third-order valence-corrected chi connectivity index (χ3v) is 3.99. The Bertz CT molecular complexity index is 261. The van der Waals surface area contributed by atoms with Gasteiger partial charge in [0.25, 0.3) is 0 Å². The predicted octanol–water partition coefficient (Wildman–Crippen LogP) is 4.71. The molecule has 1 atom stereocenters. The molecule has 0 spiro atoms. The van der Waals surface area contributed by atoms with E-state index in [2.05, 4.69) is 11.9 Å². The Kier molecular flexibility index (Phi) is 8.28. The van der Waals surface area contributed by atoms with Crippen LogP contribution in [0.5, 0.6) is 0 Å². The second-order valence-electron chi connectivity index (χ2n) is 4.68. The Labute approximate surface area is 109 Å². The van der Waals surface area contributed by atoms with Gasteiger partial charge in [-0.25, -0.2) is 0 Å². The normalized spacial score (nSPS) is 12.8. The first-order chi connectivity index (χ1) is 8.34. The molecule has 0 saturated carbocycles. The van der Waals surface area contributed by atoms with Crippen LogP contribution >= 0.6 is 11.3 Å². The van der Waals surface area contributed by atoms with E-state index in [0.29, 0.717) is 0 Å². The van der Waals surface area contributed by atoms with Crippen LogP contribution in [0.15, 0.2) is 11.7 Å². The van der Waals surface area contributed by atoms with E-state index >= 15 is 0 Å². The summed E-state index contributed by atoms with van der Waals surface area (Å²) < 4.78 is 0. The number of unbranched alkanes of at least 4 members (excludes halogenated alkanes) is 7. The van der Waals surface area contributed by atoms with E-state index in [1.165, 1.54) is 44.9 Å². The fraction of sp³-hybridized carbons (Fsp3) is 0.786. The van der Waals surface area contributed by atoms with E-state index in [9.17, 15) is 5.11 Å². The smallest absolute Gasteiger partial charge is 0.0898 e. The van der Waals surface area contributed by atoms with Crippen molar-refractivity contribution < 1.29 is 5.11 Å². The average Bonchev–Trinajstić information content (AvgIpc) is 2.86. The number of hydrogen-bond acceptors (Lipinski definition) is 3. The van der Waals surface area contributed by atoms with Gasteiger partial charge in [0.1, 0.15) is 0 Å². The van der Waals surface area contributed by atoms with Crippen LogP contribution in [-0.4, -0.2) is 10.1 Å². The standard InChI is InChI=1S/C14H25NOS/c1-2-3-4-5-6-7-8-9-10-13(16)14-11-15-12-17-14/h11-13,16H,2-10H2,1H3. The van der Waals surface area contributed by atoms with Gasteiger partial charge < -0.3 is 5.11 Å². The van der Waals surface area contributed by atoms with E-state index in [4.69, 9.17) is 0 Å². The van der Waals surface area contributed by atoms with Crippen molar-refractivity contribution in [1.29, 1.82) is 0 Å². The summed E-state index contributed by atoms with van der Waals surface area (Å²) in [6.45, 7) is 2.25. The number of hydrogen-bond donors (Lipinski definition) is 1. The second-order valence-corrected chi connectivity index (χ2v) is 5.60. The van der Waals surface area contributed by atoms with Gasteiger partial charge in [0.15, 0.2) is 0 Å². The number of rotatable bonds is 10. The number of thiazole rings is 1. The average molecular weight is 255 g/mol. The van der Waals surface area contributed by atoms with Gasteiger partial charge in [0.2, 0.25) is 0 Å². The fourth-order valence-corrected chi connectivity index (χ4v) is 2.64. The number of aliphatic hydroxyl groups is 1. The van der Waals surface area contributed by atoms with Crippen LogP contribution in [0.4, 0.5) is 0 Å². The summed E-state index contributed by atoms with van der Waals surface area (Å²) in [6, 6.07) is 0. The summed E-state index contributed by atoms with van der Waals surface area (Å²) in [5, 5.41) is 9.85. The molecule has 0 amide bonds. The molecule has 1 rings (SSSR count). The van der Waals surface area contributed by atoms with Crippen LogP contribution in [0.1, 0.15) is 75.7 Å². The van der Waals surface area contributed by atoms with E-state index in [0.717, 1.165) is 17.7 Å². The molecule has 3 heteroatoms. The van der Waals surface area contributed by atoms with Gasteiger partial charge >= 0.3 is 0 Å². The molecule has 0 aromatic carbocycles. The maximum atomic E-state index is 9.85. The summed E-state index contributed by atoms with van der Waals surface area (Å²) in [7, 11) is 0. The van der Waals surface area contributed by atoms with Crippen LogP contribution in [0.2, 0.25) is 0 Å². The molecule has 0 radical (unpaired) electrons. The van der Waals surface area contributed by atoms with Gasteiger partial charge in [-0.15, -0.1) is 11.3 Å². The van der Waals surface area contributed by atoms with E-state index < -0.39 is 0 Å². The zero-order valence-electron chi connectivity index (χ0n) is 10.9. The molecule has 0 aliphatic rings. The lowest BCUT2D eigenvalue weighted by Crippen LogP contribution is -1.94. The highest BCUT2D eigenvalue weighted by Crippen LogP contribution is 2.22. The van der Waals surface area contributed by atoms with Gasteiger partial charge in [0, 0.05) is 6.20 Å². The summed E-state index contributed by atoms with van der Waals surface area (Å²) in [5.41, 5.74) is 1.78. The molecule has 1 unspecified atom stereocenters. The van der Waals surface area contributed by atoms with Crippen molar-refractivity contribution in [2.24, 2.45) is 0 Å². The molecule has 1 aromatic heterocycles. The molecular formula is C14H25NOS. The summed E-state index contributed by atoms with van der Waals surface area (Å²) in [6.07, 6.45) is 12.9. The molecule has 1 N–H and O–H groups in total. The van der Waals surface area contributed by atoms with Crippen molar-refractivity contribution in [3.8, 4) is 0 Å². The minimum Gasteiger partial charge on any atom is -0.388 e. The molecule has 17 heavy (non-hydrogen) atoms. The number of aromatic nitrogens is 1. The SMILES string of the molecule is CCCCCCCCCCC(O)c1cncs1. The molecule has 0 fully saturated rings. The molecule has 98 valence electrons. The molecule has 1 aromatic rings. The first-order valence-corrected chi connectivity index (χ1v) is 7.79. The topological polar surface area (TPSA) is 33.1 Å². The minimum absolute atomic E-state index is 0.289. The molecule has 1 heterocycles. The molecule has 2 nitrogen and oxygen atoms in total. The number of nitrogens with zero attached hydrogens (tertiary/aromatic N) is 1. The zero-order valence-corrected chi connectivity index (χ0v) is 11.7. The van der Waals surface area contributed by atoms with Crippen molar-refractivity contribution >= 4 is 11.3 Å². The summed E-state index contributed by atoms with van der Waals surface area (Å²) >= 11 is 1.55. The lowest BCUT2D eigenvalue weighted by molar-refractivity contribution is 0.167. The highest BCUT2D eigenvalue weighted by Gasteiger charge is 2.07. The lowest BCUT2D eigenvalue weighted by Gasteiger charge is -2.07. The first kappa shape index (κ1) is 14.7. The number of aliphatic hydroxyl groups excluding tert-OH is 1. The Morgan fingerprint density at radius 1 is 1.12 bits per heavy atom. The molecular weight excluding hydrogens is 230 g/mol. The maximum Gasteiger partial charge on any atom is 0.0898 e.